The van der Waals surface area contributed by atoms with Gasteiger partial charge in [0.1, 0.15) is 17.8 Å². The normalized spacial score (nSPS) is 14.7. The van der Waals surface area contributed by atoms with Crippen LogP contribution >= 0.6 is 0 Å². The maximum absolute atomic E-state index is 10.9. The Morgan fingerprint density at radius 1 is 1.20 bits per heavy atom. The van der Waals surface area contributed by atoms with E-state index in [1.54, 1.807) is 13.2 Å². The monoisotopic (exact) mass is 410 g/mol. The standard InChI is InChI=1S/C20H22N6O4/c1-14-11-16(26(27)28)12-21-20(14)25-9-7-24(8-10-25)13-18-22-19(23-30-18)15-3-5-17(29-2)6-4-15/h3-6,11-12H,7-10,13H2,1-2H3. The highest BCUT2D eigenvalue weighted by atomic mass is 16.6. The summed E-state index contributed by atoms with van der Waals surface area (Å²) in [6.07, 6.45) is 1.31. The average Bonchev–Trinajstić information content (AvgIpc) is 3.23. The Hall–Kier alpha value is -3.53. The van der Waals surface area contributed by atoms with E-state index >= 15 is 0 Å². The molecule has 0 N–H and O–H groups in total. The Kier molecular flexibility index (Phi) is 5.57. The van der Waals surface area contributed by atoms with Crippen LogP contribution in [0, 0.1) is 17.0 Å². The van der Waals surface area contributed by atoms with Gasteiger partial charge in [-0.3, -0.25) is 15.0 Å². The highest BCUT2D eigenvalue weighted by Gasteiger charge is 2.22. The van der Waals surface area contributed by atoms with Crippen LogP contribution in [0.2, 0.25) is 0 Å². The van der Waals surface area contributed by atoms with E-state index in [2.05, 4.69) is 24.9 Å². The van der Waals surface area contributed by atoms with Crippen molar-refractivity contribution in [2.75, 3.05) is 38.2 Å². The molecule has 156 valence electrons. The van der Waals surface area contributed by atoms with Crippen molar-refractivity contribution in [1.29, 1.82) is 0 Å². The van der Waals surface area contributed by atoms with Crippen molar-refractivity contribution in [2.24, 2.45) is 0 Å². The molecule has 0 amide bonds. The second kappa shape index (κ2) is 8.46. The minimum Gasteiger partial charge on any atom is -0.497 e. The molecule has 0 radical (unpaired) electrons. The largest absolute Gasteiger partial charge is 0.497 e. The Morgan fingerprint density at radius 2 is 1.93 bits per heavy atom. The van der Waals surface area contributed by atoms with Gasteiger partial charge < -0.3 is 14.2 Å². The Labute approximate surface area is 173 Å². The van der Waals surface area contributed by atoms with E-state index in [0.29, 0.717) is 18.3 Å². The zero-order valence-electron chi connectivity index (χ0n) is 16.8. The molecule has 0 atom stereocenters. The third-order valence-electron chi connectivity index (χ3n) is 5.09. The molecule has 1 aromatic carbocycles. The third-order valence-corrected chi connectivity index (χ3v) is 5.09. The van der Waals surface area contributed by atoms with Crippen LogP contribution in [0.4, 0.5) is 11.5 Å². The van der Waals surface area contributed by atoms with Gasteiger partial charge in [0.15, 0.2) is 0 Å². The average molecular weight is 410 g/mol. The van der Waals surface area contributed by atoms with E-state index in [9.17, 15) is 10.1 Å². The Bertz CT molecular complexity index is 1030. The van der Waals surface area contributed by atoms with Crippen molar-refractivity contribution >= 4 is 11.5 Å². The second-order valence-corrected chi connectivity index (χ2v) is 7.09. The van der Waals surface area contributed by atoms with E-state index in [4.69, 9.17) is 9.26 Å². The third kappa shape index (κ3) is 4.23. The summed E-state index contributed by atoms with van der Waals surface area (Å²) < 4.78 is 10.6. The fourth-order valence-corrected chi connectivity index (χ4v) is 3.47. The number of nitro groups is 1. The summed E-state index contributed by atoms with van der Waals surface area (Å²) in [5, 5.41) is 15.0. The quantitative estimate of drug-likeness (QED) is 0.447. The van der Waals surface area contributed by atoms with Crippen LogP contribution in [0.25, 0.3) is 11.4 Å². The van der Waals surface area contributed by atoms with E-state index in [-0.39, 0.29) is 5.69 Å². The van der Waals surface area contributed by atoms with Crippen molar-refractivity contribution in [1.82, 2.24) is 20.0 Å². The Balaban J connectivity index is 1.35. The number of hydrogen-bond acceptors (Lipinski definition) is 9. The van der Waals surface area contributed by atoms with Gasteiger partial charge in [-0.05, 0) is 36.8 Å². The van der Waals surface area contributed by atoms with Crippen LogP contribution in [-0.4, -0.2) is 58.2 Å². The molecule has 10 nitrogen and oxygen atoms in total. The number of nitrogens with zero attached hydrogens (tertiary/aromatic N) is 6. The minimum absolute atomic E-state index is 0.0129. The highest BCUT2D eigenvalue weighted by molar-refractivity contribution is 5.55. The number of hydrogen-bond donors (Lipinski definition) is 0. The summed E-state index contributed by atoms with van der Waals surface area (Å²) >= 11 is 0. The van der Waals surface area contributed by atoms with E-state index < -0.39 is 4.92 Å². The summed E-state index contributed by atoms with van der Waals surface area (Å²) in [5.74, 6) is 2.69. The van der Waals surface area contributed by atoms with Gasteiger partial charge in [0, 0.05) is 37.8 Å². The number of aromatic nitrogens is 3. The van der Waals surface area contributed by atoms with Crippen molar-refractivity contribution in [3.63, 3.8) is 0 Å². The molecule has 30 heavy (non-hydrogen) atoms. The van der Waals surface area contributed by atoms with E-state index in [0.717, 1.165) is 48.9 Å². The van der Waals surface area contributed by atoms with Gasteiger partial charge in [0.25, 0.3) is 5.69 Å². The molecule has 1 aliphatic rings. The topological polar surface area (TPSA) is 111 Å². The van der Waals surface area contributed by atoms with Crippen molar-refractivity contribution < 1.29 is 14.2 Å². The molecule has 1 aliphatic heterocycles. The maximum Gasteiger partial charge on any atom is 0.287 e. The van der Waals surface area contributed by atoms with Crippen molar-refractivity contribution in [2.45, 2.75) is 13.5 Å². The zero-order chi connectivity index (χ0) is 21.1. The SMILES string of the molecule is COc1ccc(-c2noc(CN3CCN(c4ncc([N+](=O)[O-])cc4C)CC3)n2)cc1. The molecule has 10 heteroatoms. The van der Waals surface area contributed by atoms with Gasteiger partial charge in [-0.2, -0.15) is 4.98 Å². The number of methoxy groups -OCH3 is 1. The number of benzene rings is 1. The summed E-state index contributed by atoms with van der Waals surface area (Å²) in [6, 6.07) is 9.07. The number of pyridine rings is 1. The molecular weight excluding hydrogens is 388 g/mol. The van der Waals surface area contributed by atoms with Gasteiger partial charge in [0.2, 0.25) is 11.7 Å². The first-order valence-electron chi connectivity index (χ1n) is 9.59. The smallest absolute Gasteiger partial charge is 0.287 e. The number of anilines is 1. The molecule has 4 rings (SSSR count). The van der Waals surface area contributed by atoms with Gasteiger partial charge in [0.05, 0.1) is 18.6 Å². The first-order valence-corrected chi connectivity index (χ1v) is 9.59. The molecule has 0 saturated carbocycles. The number of rotatable bonds is 6. The lowest BCUT2D eigenvalue weighted by molar-refractivity contribution is -0.385. The van der Waals surface area contributed by atoms with Crippen LogP contribution in [0.5, 0.6) is 5.75 Å². The molecule has 0 spiro atoms. The lowest BCUT2D eigenvalue weighted by atomic mass is 10.2. The van der Waals surface area contributed by atoms with Gasteiger partial charge >= 0.3 is 0 Å². The first kappa shape index (κ1) is 19.8. The fourth-order valence-electron chi connectivity index (χ4n) is 3.47. The molecule has 0 unspecified atom stereocenters. The molecule has 0 aliphatic carbocycles. The van der Waals surface area contributed by atoms with Crippen LogP contribution < -0.4 is 9.64 Å². The van der Waals surface area contributed by atoms with Crippen LogP contribution in [0.15, 0.2) is 41.1 Å². The van der Waals surface area contributed by atoms with Gasteiger partial charge in [-0.15, -0.1) is 0 Å². The Morgan fingerprint density at radius 3 is 2.57 bits per heavy atom. The zero-order valence-corrected chi connectivity index (χ0v) is 16.8. The molecule has 0 bridgehead atoms. The van der Waals surface area contributed by atoms with Crippen LogP contribution in [0.3, 0.4) is 0 Å². The molecule has 3 heterocycles. The predicted octanol–water partition coefficient (Wildman–Crippen LogP) is 2.68. The van der Waals surface area contributed by atoms with Crippen LogP contribution in [0.1, 0.15) is 11.5 Å². The van der Waals surface area contributed by atoms with E-state index in [1.165, 1.54) is 6.20 Å². The minimum atomic E-state index is -0.424. The van der Waals surface area contributed by atoms with Gasteiger partial charge in [-0.1, -0.05) is 5.16 Å². The molecular formula is C20H22N6O4. The second-order valence-electron chi connectivity index (χ2n) is 7.09. The highest BCUT2D eigenvalue weighted by Crippen LogP contribution is 2.24. The molecule has 3 aromatic rings. The predicted molar refractivity (Wildman–Crippen MR) is 109 cm³/mol. The molecule has 1 saturated heterocycles. The number of piperazine rings is 1. The lowest BCUT2D eigenvalue weighted by Crippen LogP contribution is -2.46. The summed E-state index contributed by atoms with van der Waals surface area (Å²) in [4.78, 5) is 23.7. The number of ether oxygens (including phenoxy) is 1. The summed E-state index contributed by atoms with van der Waals surface area (Å²) in [6.45, 7) is 5.57. The molecule has 1 fully saturated rings. The lowest BCUT2D eigenvalue weighted by Gasteiger charge is -2.35. The van der Waals surface area contributed by atoms with E-state index in [1.807, 2.05) is 31.2 Å². The van der Waals surface area contributed by atoms with Gasteiger partial charge in [-0.25, -0.2) is 4.98 Å². The maximum atomic E-state index is 10.9. The summed E-state index contributed by atoms with van der Waals surface area (Å²) in [5.41, 5.74) is 1.69. The fraction of sp³-hybridized carbons (Fsp3) is 0.350. The molecule has 2 aromatic heterocycles. The first-order chi connectivity index (χ1) is 14.5. The number of aryl methyl sites for hydroxylation is 1. The van der Waals surface area contributed by atoms with Crippen molar-refractivity contribution in [3.8, 4) is 17.1 Å². The van der Waals surface area contributed by atoms with Crippen LogP contribution in [-0.2, 0) is 6.54 Å². The van der Waals surface area contributed by atoms with Crippen molar-refractivity contribution in [3.05, 3.63) is 58.1 Å². The summed E-state index contributed by atoms with van der Waals surface area (Å²) in [7, 11) is 1.63.